The third kappa shape index (κ3) is 10.0. The van der Waals surface area contributed by atoms with Crippen LogP contribution in [-0.2, 0) is 20.2 Å². The zero-order valence-corrected chi connectivity index (χ0v) is 30.1. The highest BCUT2D eigenvalue weighted by molar-refractivity contribution is 7.92. The van der Waals surface area contributed by atoms with Crippen LogP contribution in [0.1, 0.15) is 73.6 Å². The Kier molecular flexibility index (Phi) is 10.8. The minimum absolute atomic E-state index is 0.0711. The molecule has 0 spiro atoms. The SMILES string of the molecule is COc1c(NC(=O)c2cc(C)cc(Oc3ccnc(C(=O)N4CCN(C(=O)OC(C)(C)C)CC4)n3)c2)cc(C(C)(C)C)cc1NS(C)(=O)=O. The van der Waals surface area contributed by atoms with Crippen LogP contribution in [0.2, 0.25) is 0 Å². The lowest BCUT2D eigenvalue weighted by molar-refractivity contribution is 0.0139. The van der Waals surface area contributed by atoms with Crippen molar-refractivity contribution in [2.75, 3.05) is 49.6 Å². The maximum absolute atomic E-state index is 13.6. The maximum atomic E-state index is 13.6. The smallest absolute Gasteiger partial charge is 0.410 e. The summed E-state index contributed by atoms with van der Waals surface area (Å²) in [5.74, 6) is -0.428. The number of hydrogen-bond acceptors (Lipinski definition) is 10. The predicted molar refractivity (Wildman–Crippen MR) is 185 cm³/mol. The van der Waals surface area contributed by atoms with Crippen LogP contribution < -0.4 is 19.5 Å². The summed E-state index contributed by atoms with van der Waals surface area (Å²) in [6.07, 6.45) is 2.02. The molecule has 0 atom stereocenters. The first-order chi connectivity index (χ1) is 22.7. The first kappa shape index (κ1) is 36.9. The third-order valence-electron chi connectivity index (χ3n) is 7.28. The van der Waals surface area contributed by atoms with Gasteiger partial charge in [0, 0.05) is 44.0 Å². The fourth-order valence-corrected chi connectivity index (χ4v) is 5.52. The largest absolute Gasteiger partial charge is 0.492 e. The van der Waals surface area contributed by atoms with Gasteiger partial charge in [-0.05, 0) is 74.6 Å². The molecule has 3 aromatic rings. The Morgan fingerprint density at radius 1 is 0.898 bits per heavy atom. The summed E-state index contributed by atoms with van der Waals surface area (Å²) in [6, 6.07) is 9.83. The van der Waals surface area contributed by atoms with Gasteiger partial charge in [-0.2, -0.15) is 4.98 Å². The monoisotopic (exact) mass is 696 g/mol. The molecule has 3 amide bonds. The summed E-state index contributed by atoms with van der Waals surface area (Å²) in [6.45, 7) is 14.3. The van der Waals surface area contributed by atoms with Gasteiger partial charge >= 0.3 is 6.09 Å². The van der Waals surface area contributed by atoms with Gasteiger partial charge in [-0.25, -0.2) is 18.2 Å². The van der Waals surface area contributed by atoms with E-state index in [9.17, 15) is 22.8 Å². The summed E-state index contributed by atoms with van der Waals surface area (Å²) in [7, 11) is -2.26. The molecule has 1 saturated heterocycles. The molecule has 15 heteroatoms. The van der Waals surface area contributed by atoms with Crippen molar-refractivity contribution in [2.24, 2.45) is 0 Å². The fourth-order valence-electron chi connectivity index (χ4n) is 4.97. The summed E-state index contributed by atoms with van der Waals surface area (Å²) in [5, 5.41) is 2.85. The quantitative estimate of drug-likeness (QED) is 0.319. The zero-order chi connectivity index (χ0) is 36.3. The number of sulfonamides is 1. The molecule has 1 aromatic heterocycles. The van der Waals surface area contributed by atoms with Gasteiger partial charge < -0.3 is 29.3 Å². The van der Waals surface area contributed by atoms with Gasteiger partial charge in [0.05, 0.1) is 24.7 Å². The van der Waals surface area contributed by atoms with Crippen molar-refractivity contribution in [3.8, 4) is 17.4 Å². The zero-order valence-electron chi connectivity index (χ0n) is 29.3. The van der Waals surface area contributed by atoms with Crippen LogP contribution in [0.15, 0.2) is 42.6 Å². The van der Waals surface area contributed by atoms with Gasteiger partial charge in [0.15, 0.2) is 5.75 Å². The lowest BCUT2D eigenvalue weighted by atomic mass is 9.86. The number of rotatable bonds is 8. The van der Waals surface area contributed by atoms with E-state index in [1.54, 1.807) is 61.8 Å². The molecule has 264 valence electrons. The molecule has 0 bridgehead atoms. The van der Waals surface area contributed by atoms with Crippen molar-refractivity contribution in [3.05, 3.63) is 65.1 Å². The number of piperazine rings is 1. The molecule has 14 nitrogen and oxygen atoms in total. The van der Waals surface area contributed by atoms with Crippen molar-refractivity contribution < 1.29 is 37.0 Å². The molecule has 2 N–H and O–H groups in total. The van der Waals surface area contributed by atoms with Crippen LogP contribution in [0.3, 0.4) is 0 Å². The Morgan fingerprint density at radius 2 is 1.53 bits per heavy atom. The minimum atomic E-state index is -3.65. The normalized spacial score (nSPS) is 13.8. The summed E-state index contributed by atoms with van der Waals surface area (Å²) in [5.41, 5.74) is 1.21. The first-order valence-corrected chi connectivity index (χ1v) is 17.5. The molecule has 0 saturated carbocycles. The van der Waals surface area contributed by atoms with E-state index in [1.165, 1.54) is 25.4 Å². The molecule has 4 rings (SSSR count). The van der Waals surface area contributed by atoms with Crippen molar-refractivity contribution >= 4 is 39.3 Å². The number of carbonyl (C=O) groups excluding carboxylic acids is 3. The molecular formula is C34H44N6O8S. The highest BCUT2D eigenvalue weighted by Crippen LogP contribution is 2.39. The second-order valence-corrected chi connectivity index (χ2v) is 15.5. The second-order valence-electron chi connectivity index (χ2n) is 13.8. The van der Waals surface area contributed by atoms with E-state index in [2.05, 4.69) is 20.0 Å². The fraction of sp³-hybridized carbons (Fsp3) is 0.441. The highest BCUT2D eigenvalue weighted by atomic mass is 32.2. The number of hydrogen-bond donors (Lipinski definition) is 2. The lowest BCUT2D eigenvalue weighted by Gasteiger charge is -2.35. The van der Waals surface area contributed by atoms with Gasteiger partial charge in [0.1, 0.15) is 11.4 Å². The first-order valence-electron chi connectivity index (χ1n) is 15.6. The topological polar surface area (TPSA) is 169 Å². The van der Waals surface area contributed by atoms with Gasteiger partial charge in [0.2, 0.25) is 21.7 Å². The Labute approximate surface area is 287 Å². The number of benzene rings is 2. The van der Waals surface area contributed by atoms with Crippen LogP contribution in [0.5, 0.6) is 17.4 Å². The molecule has 0 aliphatic carbocycles. The number of ether oxygens (including phenoxy) is 3. The number of aromatic nitrogens is 2. The summed E-state index contributed by atoms with van der Waals surface area (Å²) in [4.78, 5) is 50.8. The van der Waals surface area contributed by atoms with E-state index in [0.717, 1.165) is 11.8 Å². The van der Waals surface area contributed by atoms with E-state index in [0.29, 0.717) is 24.4 Å². The van der Waals surface area contributed by atoms with Gasteiger partial charge in [-0.15, -0.1) is 0 Å². The van der Waals surface area contributed by atoms with Gasteiger partial charge in [-0.3, -0.25) is 14.3 Å². The second kappa shape index (κ2) is 14.3. The minimum Gasteiger partial charge on any atom is -0.492 e. The predicted octanol–water partition coefficient (Wildman–Crippen LogP) is 5.20. The van der Waals surface area contributed by atoms with Gasteiger partial charge in [-0.1, -0.05) is 20.8 Å². The van der Waals surface area contributed by atoms with E-state index in [-0.39, 0.29) is 52.9 Å². The Morgan fingerprint density at radius 3 is 2.12 bits per heavy atom. The van der Waals surface area contributed by atoms with Crippen LogP contribution >= 0.6 is 0 Å². The van der Waals surface area contributed by atoms with Gasteiger partial charge in [0.25, 0.3) is 11.8 Å². The van der Waals surface area contributed by atoms with Crippen LogP contribution in [0, 0.1) is 6.92 Å². The molecule has 1 aliphatic rings. The molecule has 2 heterocycles. The third-order valence-corrected chi connectivity index (χ3v) is 7.87. The Bertz CT molecular complexity index is 1840. The Balaban J connectivity index is 1.51. The van der Waals surface area contributed by atoms with Crippen LogP contribution in [-0.4, -0.2) is 91.2 Å². The van der Waals surface area contributed by atoms with E-state index >= 15 is 0 Å². The van der Waals surface area contributed by atoms with E-state index in [4.69, 9.17) is 14.2 Å². The van der Waals surface area contributed by atoms with Crippen molar-refractivity contribution in [2.45, 2.75) is 59.5 Å². The summed E-state index contributed by atoms with van der Waals surface area (Å²) < 4.78 is 43.6. The number of aryl methyl sites for hydroxylation is 1. The maximum Gasteiger partial charge on any atom is 0.410 e. The van der Waals surface area contributed by atoms with Crippen LogP contribution in [0.25, 0.3) is 0 Å². The molecular weight excluding hydrogens is 652 g/mol. The summed E-state index contributed by atoms with van der Waals surface area (Å²) >= 11 is 0. The average molecular weight is 697 g/mol. The lowest BCUT2D eigenvalue weighted by Crippen LogP contribution is -2.51. The van der Waals surface area contributed by atoms with Crippen molar-refractivity contribution in [1.29, 1.82) is 0 Å². The molecule has 2 aromatic carbocycles. The molecule has 0 unspecified atom stereocenters. The van der Waals surface area contributed by atoms with Crippen LogP contribution in [0.4, 0.5) is 16.2 Å². The number of nitrogens with one attached hydrogen (secondary N) is 2. The number of carbonyl (C=O) groups is 3. The standard InChI is InChI=1S/C34H44N6O8S/c1-21-16-22(30(41)36-25-19-23(33(2,3)4)20-26(28(25)46-8)38-49(9,44)45)18-24(17-21)47-27-10-11-35-29(37-27)31(42)39-12-14-40(15-13-39)32(43)48-34(5,6)7/h10-11,16-20,38H,12-15H2,1-9H3,(H,36,41). The van der Waals surface area contributed by atoms with Crippen molar-refractivity contribution in [3.63, 3.8) is 0 Å². The van der Waals surface area contributed by atoms with E-state index < -0.39 is 33.5 Å². The van der Waals surface area contributed by atoms with Crippen molar-refractivity contribution in [1.82, 2.24) is 19.8 Å². The molecule has 0 radical (unpaired) electrons. The number of anilines is 2. The number of nitrogens with zero attached hydrogens (tertiary/aromatic N) is 4. The molecule has 1 fully saturated rings. The highest BCUT2D eigenvalue weighted by Gasteiger charge is 2.29. The number of methoxy groups -OCH3 is 1. The average Bonchev–Trinajstić information content (AvgIpc) is 2.98. The molecule has 1 aliphatic heterocycles. The van der Waals surface area contributed by atoms with E-state index in [1.807, 2.05) is 20.8 Å². The number of amides is 3. The molecule has 49 heavy (non-hydrogen) atoms. The Hall–Kier alpha value is -4.92.